The van der Waals surface area contributed by atoms with Crippen LogP contribution in [0.4, 0.5) is 11.4 Å². The number of nitrogens with zero attached hydrogens (tertiary/aromatic N) is 2. The predicted molar refractivity (Wildman–Crippen MR) is 108 cm³/mol. The maximum Gasteiger partial charge on any atom is 0.269 e. The monoisotopic (exact) mass is 385 g/mol. The zero-order valence-corrected chi connectivity index (χ0v) is 15.9. The molecule has 1 aliphatic heterocycles. The van der Waals surface area contributed by atoms with E-state index >= 15 is 0 Å². The number of anilines is 1. The van der Waals surface area contributed by atoms with Gasteiger partial charge in [-0.2, -0.15) is 0 Å². The summed E-state index contributed by atoms with van der Waals surface area (Å²) in [7, 11) is 0. The topological polar surface area (TPSA) is 75.5 Å². The van der Waals surface area contributed by atoms with Gasteiger partial charge in [-0.05, 0) is 42.8 Å². The number of nitrogens with one attached hydrogen (secondary N) is 1. The van der Waals surface area contributed by atoms with E-state index in [4.69, 9.17) is 0 Å². The molecule has 0 saturated heterocycles. The van der Waals surface area contributed by atoms with Crippen LogP contribution in [0.3, 0.4) is 0 Å². The first-order valence-corrected chi connectivity index (χ1v) is 10.1. The van der Waals surface area contributed by atoms with Crippen molar-refractivity contribution in [3.05, 3.63) is 64.2 Å². The molecule has 1 N–H and O–H groups in total. The van der Waals surface area contributed by atoms with Crippen LogP contribution in [0.5, 0.6) is 0 Å². The Morgan fingerprint density at radius 3 is 2.70 bits per heavy atom. The van der Waals surface area contributed by atoms with E-state index in [1.54, 1.807) is 12.1 Å². The van der Waals surface area contributed by atoms with Gasteiger partial charge in [-0.3, -0.25) is 14.9 Å². The summed E-state index contributed by atoms with van der Waals surface area (Å²) in [5.41, 5.74) is 2.17. The Morgan fingerprint density at radius 1 is 1.15 bits per heavy atom. The van der Waals surface area contributed by atoms with E-state index in [1.807, 2.05) is 34.9 Å². The second kappa shape index (κ2) is 9.53. The molecule has 3 rings (SSSR count). The molecule has 1 heterocycles. The third-order valence-corrected chi connectivity index (χ3v) is 5.64. The lowest BCUT2D eigenvalue weighted by Gasteiger charge is -2.22. The fourth-order valence-electron chi connectivity index (χ4n) is 3.06. The number of carbonyl (C=O) groups excluding carboxylic acids is 1. The van der Waals surface area contributed by atoms with Crippen molar-refractivity contribution in [2.24, 2.45) is 0 Å². The van der Waals surface area contributed by atoms with E-state index in [1.165, 1.54) is 17.0 Å². The van der Waals surface area contributed by atoms with Gasteiger partial charge in [0.15, 0.2) is 0 Å². The van der Waals surface area contributed by atoms with Crippen LogP contribution < -0.4 is 10.2 Å². The van der Waals surface area contributed by atoms with Gasteiger partial charge in [0.1, 0.15) is 0 Å². The summed E-state index contributed by atoms with van der Waals surface area (Å²) in [5.74, 6) is 1.18. The molecule has 7 heteroatoms. The lowest BCUT2D eigenvalue weighted by Crippen LogP contribution is -2.34. The average Bonchev–Trinajstić information content (AvgIpc) is 2.90. The molecule has 6 nitrogen and oxygen atoms in total. The molecule has 2 aromatic carbocycles. The molecular formula is C20H23N3O3S. The van der Waals surface area contributed by atoms with E-state index in [0.717, 1.165) is 42.9 Å². The molecule has 0 saturated carbocycles. The number of hydrogen-bond acceptors (Lipinski definition) is 5. The molecule has 142 valence electrons. The Labute approximate surface area is 163 Å². The molecule has 0 aliphatic carbocycles. The Balaban J connectivity index is 1.44. The fourth-order valence-corrected chi connectivity index (χ4v) is 4.05. The lowest BCUT2D eigenvalue weighted by molar-refractivity contribution is -0.384. The quantitative estimate of drug-likeness (QED) is 0.447. The smallest absolute Gasteiger partial charge is 0.269 e. The summed E-state index contributed by atoms with van der Waals surface area (Å²) < 4.78 is 0. The fraction of sp³-hybridized carbons (Fsp3) is 0.350. The van der Waals surface area contributed by atoms with Gasteiger partial charge in [0, 0.05) is 36.5 Å². The maximum atomic E-state index is 12.7. The number of benzene rings is 2. The van der Waals surface area contributed by atoms with Gasteiger partial charge < -0.3 is 10.2 Å². The van der Waals surface area contributed by atoms with Crippen molar-refractivity contribution < 1.29 is 9.72 Å². The van der Waals surface area contributed by atoms with Crippen LogP contribution in [0.15, 0.2) is 53.4 Å². The number of hydrogen-bond donors (Lipinski definition) is 1. The van der Waals surface area contributed by atoms with Gasteiger partial charge >= 0.3 is 0 Å². The molecule has 0 spiro atoms. The number of fused-ring (bicyclic) bond motifs is 1. The number of amides is 1. The van der Waals surface area contributed by atoms with Gasteiger partial charge in [-0.15, -0.1) is 11.8 Å². The highest BCUT2D eigenvalue weighted by molar-refractivity contribution is 7.99. The molecule has 1 amide bonds. The van der Waals surface area contributed by atoms with E-state index in [0.29, 0.717) is 13.0 Å². The Morgan fingerprint density at radius 2 is 1.93 bits per heavy atom. The van der Waals surface area contributed by atoms with Crippen molar-refractivity contribution in [2.45, 2.75) is 24.2 Å². The molecule has 0 atom stereocenters. The summed E-state index contributed by atoms with van der Waals surface area (Å²) in [6.45, 7) is 2.13. The normalized spacial score (nSPS) is 13.7. The number of thioether (sulfide) groups is 1. The number of nitro benzene ring substituents is 1. The number of nitro groups is 1. The SMILES string of the molecule is O=C(CCNCCc1ccc([N+](=O)[O-])cc1)N1CCCSc2ccccc21. The van der Waals surface area contributed by atoms with Crippen LogP contribution in [0.25, 0.3) is 0 Å². The second-order valence-corrected chi connectivity index (χ2v) is 7.53. The summed E-state index contributed by atoms with van der Waals surface area (Å²) >= 11 is 1.81. The number of carbonyl (C=O) groups is 1. The lowest BCUT2D eigenvalue weighted by atomic mass is 10.1. The molecule has 0 fully saturated rings. The van der Waals surface area contributed by atoms with Crippen molar-refractivity contribution in [3.8, 4) is 0 Å². The third kappa shape index (κ3) is 5.30. The van der Waals surface area contributed by atoms with Crippen LogP contribution in [0, 0.1) is 10.1 Å². The van der Waals surface area contributed by atoms with Gasteiger partial charge in [-0.25, -0.2) is 0 Å². The second-order valence-electron chi connectivity index (χ2n) is 6.39. The minimum Gasteiger partial charge on any atom is -0.316 e. The summed E-state index contributed by atoms with van der Waals surface area (Å²) in [6.07, 6.45) is 2.23. The van der Waals surface area contributed by atoms with Crippen LogP contribution in [-0.4, -0.2) is 36.2 Å². The third-order valence-electron chi connectivity index (χ3n) is 4.49. The number of para-hydroxylation sites is 1. The van der Waals surface area contributed by atoms with Crippen molar-refractivity contribution in [3.63, 3.8) is 0 Å². The highest BCUT2D eigenvalue weighted by Crippen LogP contribution is 2.33. The summed E-state index contributed by atoms with van der Waals surface area (Å²) in [5, 5.41) is 14.0. The van der Waals surface area contributed by atoms with Gasteiger partial charge in [-0.1, -0.05) is 24.3 Å². The first kappa shape index (κ1) is 19.4. The molecule has 27 heavy (non-hydrogen) atoms. The summed E-state index contributed by atoms with van der Waals surface area (Å²) in [4.78, 5) is 26.0. The van der Waals surface area contributed by atoms with Crippen molar-refractivity contribution in [2.75, 3.05) is 30.3 Å². The number of non-ortho nitro benzene ring substituents is 1. The van der Waals surface area contributed by atoms with E-state index in [2.05, 4.69) is 11.4 Å². The van der Waals surface area contributed by atoms with Gasteiger partial charge in [0.25, 0.3) is 5.69 Å². The predicted octanol–water partition coefficient (Wildman–Crippen LogP) is 3.65. The van der Waals surface area contributed by atoms with Crippen LogP contribution >= 0.6 is 11.8 Å². The van der Waals surface area contributed by atoms with Gasteiger partial charge in [0.05, 0.1) is 10.6 Å². The van der Waals surface area contributed by atoms with Crippen molar-refractivity contribution >= 4 is 29.0 Å². The van der Waals surface area contributed by atoms with Crippen LogP contribution in [0.2, 0.25) is 0 Å². The van der Waals surface area contributed by atoms with Gasteiger partial charge in [0.2, 0.25) is 5.91 Å². The zero-order chi connectivity index (χ0) is 19.1. The average molecular weight is 385 g/mol. The minimum absolute atomic E-state index is 0.105. The Bertz CT molecular complexity index is 795. The van der Waals surface area contributed by atoms with E-state index in [9.17, 15) is 14.9 Å². The first-order valence-electron chi connectivity index (χ1n) is 9.11. The van der Waals surface area contributed by atoms with Crippen molar-refractivity contribution in [1.82, 2.24) is 5.32 Å². The molecule has 0 bridgehead atoms. The highest BCUT2D eigenvalue weighted by atomic mass is 32.2. The minimum atomic E-state index is -0.396. The standard InChI is InChI=1S/C20H23N3O3S/c24-20(22-14-3-15-27-19-5-2-1-4-18(19)22)11-13-21-12-10-16-6-8-17(9-7-16)23(25)26/h1-2,4-9,21H,3,10-15H2. The molecule has 1 aliphatic rings. The largest absolute Gasteiger partial charge is 0.316 e. The number of rotatable bonds is 7. The van der Waals surface area contributed by atoms with E-state index in [-0.39, 0.29) is 11.6 Å². The molecule has 0 unspecified atom stereocenters. The van der Waals surface area contributed by atoms with Crippen LogP contribution in [0.1, 0.15) is 18.4 Å². The Kier molecular flexibility index (Phi) is 6.84. The maximum absolute atomic E-state index is 12.7. The van der Waals surface area contributed by atoms with Crippen molar-refractivity contribution in [1.29, 1.82) is 0 Å². The molecule has 2 aromatic rings. The zero-order valence-electron chi connectivity index (χ0n) is 15.1. The van der Waals surface area contributed by atoms with Crippen LogP contribution in [-0.2, 0) is 11.2 Å². The highest BCUT2D eigenvalue weighted by Gasteiger charge is 2.20. The van der Waals surface area contributed by atoms with E-state index < -0.39 is 4.92 Å². The summed E-state index contributed by atoms with van der Waals surface area (Å²) in [6, 6.07) is 14.7. The first-order chi connectivity index (χ1) is 13.1. The molecule has 0 radical (unpaired) electrons. The molecular weight excluding hydrogens is 362 g/mol. The molecule has 0 aromatic heterocycles. The Hall–Kier alpha value is -2.38.